The van der Waals surface area contributed by atoms with Crippen molar-refractivity contribution in [1.29, 1.82) is 0 Å². The molecule has 2 aliphatic rings. The van der Waals surface area contributed by atoms with Crippen LogP contribution in [0, 0.1) is 0 Å². The smallest absolute Gasteiger partial charge is 0.332 e. The molecule has 7 rings (SSSR count). The van der Waals surface area contributed by atoms with E-state index in [0.717, 1.165) is 29.1 Å². The standard InChI is InChI=1S/C33H36Cl2N8O5/c1-4-43-28-29(39(2)32(45)40(3)30(28)44)38-31(43)42-15-13-41(14-16-42)22-6-8-23(9-7-22)46-19-24-20-47-33(48-24,18-27-36-11-12-37-27)25-10-5-21(34)17-26(25)35/h5-12,17,24H,4,13-16,18-20H2,1-3H3,(H,36,37)/t24-,33-/m1/s1. The molecular weight excluding hydrogens is 659 g/mol. The van der Waals surface area contributed by atoms with Crippen LogP contribution in [0.1, 0.15) is 18.3 Å². The van der Waals surface area contributed by atoms with Crippen LogP contribution in [-0.2, 0) is 42.3 Å². The number of halogens is 2. The van der Waals surface area contributed by atoms with E-state index in [2.05, 4.69) is 19.8 Å². The molecule has 252 valence electrons. The highest BCUT2D eigenvalue weighted by Crippen LogP contribution is 2.41. The maximum absolute atomic E-state index is 13.0. The predicted octanol–water partition coefficient (Wildman–Crippen LogP) is 3.70. The molecule has 2 saturated heterocycles. The average molecular weight is 696 g/mol. The van der Waals surface area contributed by atoms with E-state index in [1.165, 1.54) is 11.6 Å². The molecule has 48 heavy (non-hydrogen) atoms. The van der Waals surface area contributed by atoms with Crippen LogP contribution in [0.4, 0.5) is 11.6 Å². The van der Waals surface area contributed by atoms with Crippen LogP contribution in [0.2, 0.25) is 10.0 Å². The molecule has 0 bridgehead atoms. The summed E-state index contributed by atoms with van der Waals surface area (Å²) in [6, 6.07) is 13.3. The first-order valence-electron chi connectivity index (χ1n) is 15.8. The van der Waals surface area contributed by atoms with Gasteiger partial charge in [-0.1, -0.05) is 29.3 Å². The third-order valence-electron chi connectivity index (χ3n) is 9.00. The van der Waals surface area contributed by atoms with Crippen molar-refractivity contribution in [2.75, 3.05) is 49.2 Å². The highest BCUT2D eigenvalue weighted by Gasteiger charge is 2.45. The number of nitrogens with zero attached hydrogens (tertiary/aromatic N) is 7. The lowest BCUT2D eigenvalue weighted by atomic mass is 10.0. The Hall–Kier alpha value is -4.30. The molecule has 1 N–H and O–H groups in total. The van der Waals surface area contributed by atoms with Crippen molar-refractivity contribution in [3.05, 3.63) is 97.1 Å². The Balaban J connectivity index is 0.987. The number of H-pyrrole nitrogens is 1. The first kappa shape index (κ1) is 32.3. The van der Waals surface area contributed by atoms with Crippen molar-refractivity contribution in [2.45, 2.75) is 31.8 Å². The normalized spacial score (nSPS) is 19.8. The van der Waals surface area contributed by atoms with E-state index in [0.29, 0.717) is 71.2 Å². The molecular formula is C33H36Cl2N8O5. The number of aromatic amines is 1. The summed E-state index contributed by atoms with van der Waals surface area (Å²) in [4.78, 5) is 42.2. The van der Waals surface area contributed by atoms with Gasteiger partial charge in [-0.05, 0) is 43.3 Å². The predicted molar refractivity (Wildman–Crippen MR) is 184 cm³/mol. The lowest BCUT2D eigenvalue weighted by molar-refractivity contribution is -0.179. The van der Waals surface area contributed by atoms with E-state index in [4.69, 9.17) is 42.4 Å². The number of benzene rings is 2. The highest BCUT2D eigenvalue weighted by atomic mass is 35.5. The minimum atomic E-state index is -1.13. The molecule has 5 aromatic rings. The van der Waals surface area contributed by atoms with E-state index < -0.39 is 5.79 Å². The molecule has 2 aromatic carbocycles. The highest BCUT2D eigenvalue weighted by molar-refractivity contribution is 6.35. The molecule has 2 aliphatic heterocycles. The number of nitrogens with one attached hydrogen (secondary N) is 1. The van der Waals surface area contributed by atoms with Crippen LogP contribution < -0.4 is 25.8 Å². The molecule has 5 heterocycles. The molecule has 0 saturated carbocycles. The summed E-state index contributed by atoms with van der Waals surface area (Å²) in [7, 11) is 3.14. The maximum atomic E-state index is 13.0. The van der Waals surface area contributed by atoms with Gasteiger partial charge in [-0.25, -0.2) is 9.78 Å². The SMILES string of the molecule is CCn1c(N2CCN(c3ccc(OC[C@@H]4CO[C@@](Cc5ncc[nH]5)(c5ccc(Cl)cc5Cl)O4)cc3)CC2)nc2c1c(=O)n(C)c(=O)n2C. The van der Waals surface area contributed by atoms with E-state index >= 15 is 0 Å². The van der Waals surface area contributed by atoms with E-state index in [1.807, 2.05) is 41.8 Å². The first-order valence-corrected chi connectivity index (χ1v) is 16.6. The van der Waals surface area contributed by atoms with Crippen molar-refractivity contribution in [2.24, 2.45) is 14.1 Å². The number of hydrogen-bond donors (Lipinski definition) is 1. The fourth-order valence-electron chi connectivity index (χ4n) is 6.47. The monoisotopic (exact) mass is 694 g/mol. The second-order valence-corrected chi connectivity index (χ2v) is 12.8. The largest absolute Gasteiger partial charge is 0.491 e. The number of rotatable bonds is 9. The van der Waals surface area contributed by atoms with Gasteiger partial charge >= 0.3 is 5.69 Å². The summed E-state index contributed by atoms with van der Waals surface area (Å²) in [5.41, 5.74) is 1.89. The van der Waals surface area contributed by atoms with Gasteiger partial charge in [0.25, 0.3) is 5.56 Å². The van der Waals surface area contributed by atoms with Crippen molar-refractivity contribution >= 4 is 46.0 Å². The number of aryl methyl sites for hydroxylation is 2. The van der Waals surface area contributed by atoms with Crippen molar-refractivity contribution < 1.29 is 14.2 Å². The molecule has 13 nitrogen and oxygen atoms in total. The van der Waals surface area contributed by atoms with Gasteiger partial charge in [0, 0.05) is 75.5 Å². The maximum Gasteiger partial charge on any atom is 0.332 e. The van der Waals surface area contributed by atoms with E-state index in [-0.39, 0.29) is 24.0 Å². The van der Waals surface area contributed by atoms with E-state index in [1.54, 1.807) is 31.6 Å². The zero-order valence-corrected chi connectivity index (χ0v) is 28.4. The molecule has 0 aliphatic carbocycles. The van der Waals surface area contributed by atoms with Crippen LogP contribution in [0.15, 0.2) is 64.4 Å². The van der Waals surface area contributed by atoms with Crippen molar-refractivity contribution in [3.8, 4) is 5.75 Å². The lowest BCUT2D eigenvalue weighted by Crippen LogP contribution is -2.47. The van der Waals surface area contributed by atoms with Gasteiger partial charge in [0.15, 0.2) is 11.2 Å². The molecule has 0 spiro atoms. The zero-order valence-electron chi connectivity index (χ0n) is 26.9. The van der Waals surface area contributed by atoms with Gasteiger partial charge < -0.3 is 33.6 Å². The minimum Gasteiger partial charge on any atom is -0.491 e. The fraction of sp³-hybridized carbons (Fsp3) is 0.394. The van der Waals surface area contributed by atoms with Gasteiger partial charge in [-0.3, -0.25) is 13.9 Å². The van der Waals surface area contributed by atoms with Gasteiger partial charge in [-0.2, -0.15) is 4.98 Å². The number of piperazine rings is 1. The number of ether oxygens (including phenoxy) is 3. The second kappa shape index (κ2) is 13.0. The van der Waals surface area contributed by atoms with Crippen molar-refractivity contribution in [1.82, 2.24) is 28.7 Å². The fourth-order valence-corrected chi connectivity index (χ4v) is 7.03. The number of fused-ring (bicyclic) bond motifs is 1. The Morgan fingerprint density at radius 3 is 2.46 bits per heavy atom. The number of imidazole rings is 2. The molecule has 0 amide bonds. The molecule has 0 radical (unpaired) electrons. The van der Waals surface area contributed by atoms with Crippen LogP contribution >= 0.6 is 23.2 Å². The summed E-state index contributed by atoms with van der Waals surface area (Å²) < 4.78 is 23.4. The summed E-state index contributed by atoms with van der Waals surface area (Å²) in [5, 5.41) is 0.980. The Kier molecular flexibility index (Phi) is 8.71. The number of aromatic nitrogens is 6. The quantitative estimate of drug-likeness (QED) is 0.246. The Bertz CT molecular complexity index is 2050. The molecule has 2 atom stereocenters. The first-order chi connectivity index (χ1) is 23.2. The number of hydrogen-bond acceptors (Lipinski definition) is 9. The van der Waals surface area contributed by atoms with Crippen LogP contribution in [0.5, 0.6) is 5.75 Å². The lowest BCUT2D eigenvalue weighted by Gasteiger charge is -2.36. The van der Waals surface area contributed by atoms with Crippen LogP contribution in [0.3, 0.4) is 0 Å². The van der Waals surface area contributed by atoms with Gasteiger partial charge in [-0.15, -0.1) is 0 Å². The molecule has 2 fully saturated rings. The van der Waals surface area contributed by atoms with Gasteiger partial charge in [0.05, 0.1) is 18.1 Å². The third-order valence-corrected chi connectivity index (χ3v) is 9.55. The third kappa shape index (κ3) is 5.85. The topological polar surface area (TPSA) is 125 Å². The van der Waals surface area contributed by atoms with Gasteiger partial charge in [0.1, 0.15) is 24.3 Å². The Labute approximate surface area is 286 Å². The Morgan fingerprint density at radius 1 is 1.02 bits per heavy atom. The zero-order chi connectivity index (χ0) is 33.6. The van der Waals surface area contributed by atoms with Crippen molar-refractivity contribution in [3.63, 3.8) is 0 Å². The summed E-state index contributed by atoms with van der Waals surface area (Å²) in [6.45, 7) is 6.12. The average Bonchev–Trinajstić information content (AvgIpc) is 3.85. The van der Waals surface area contributed by atoms with Crippen LogP contribution in [-0.4, -0.2) is 74.1 Å². The summed E-state index contributed by atoms with van der Waals surface area (Å²) in [5.74, 6) is 1.00. The Morgan fingerprint density at radius 2 is 1.77 bits per heavy atom. The van der Waals surface area contributed by atoms with Gasteiger partial charge in [0.2, 0.25) is 11.7 Å². The van der Waals surface area contributed by atoms with Crippen LogP contribution in [0.25, 0.3) is 11.2 Å². The summed E-state index contributed by atoms with van der Waals surface area (Å²) in [6.07, 6.45) is 3.44. The summed E-state index contributed by atoms with van der Waals surface area (Å²) >= 11 is 12.8. The molecule has 15 heteroatoms. The molecule has 0 unspecified atom stereocenters. The van der Waals surface area contributed by atoms with E-state index in [9.17, 15) is 9.59 Å². The second-order valence-electron chi connectivity index (χ2n) is 12.0. The molecule has 3 aromatic heterocycles. The number of anilines is 2. The minimum absolute atomic E-state index is 0.288.